The molecule has 2 atom stereocenters. The molecule has 134 valence electrons. The van der Waals surface area contributed by atoms with Crippen molar-refractivity contribution >= 4 is 23.4 Å². The first-order valence-corrected chi connectivity index (χ1v) is 8.58. The number of carbonyl (C=O) groups excluding carboxylic acids is 2. The molecule has 1 rings (SSSR count). The zero-order chi connectivity index (χ0) is 18.4. The molecule has 0 aromatic heterocycles. The van der Waals surface area contributed by atoms with Crippen molar-refractivity contribution in [2.75, 3.05) is 13.6 Å². The van der Waals surface area contributed by atoms with Gasteiger partial charge in [-0.25, -0.2) is 0 Å². The largest absolute Gasteiger partial charge is 0.346 e. The maximum Gasteiger partial charge on any atom is 0.242 e. The molecule has 0 aliphatic rings. The molecule has 0 heterocycles. The number of nitrogens with two attached hydrogens (primary N) is 1. The second-order valence-electron chi connectivity index (χ2n) is 6.70. The lowest BCUT2D eigenvalue weighted by atomic mass is 9.94. The van der Waals surface area contributed by atoms with Crippen LogP contribution in [0.1, 0.15) is 39.3 Å². The molecule has 0 spiro atoms. The van der Waals surface area contributed by atoms with Crippen LogP contribution in [0.2, 0.25) is 5.02 Å². The molecule has 0 bridgehead atoms. The minimum absolute atomic E-state index is 0.0179. The van der Waals surface area contributed by atoms with E-state index >= 15 is 0 Å². The van der Waals surface area contributed by atoms with Gasteiger partial charge < -0.3 is 16.0 Å². The minimum atomic E-state index is -0.618. The first kappa shape index (κ1) is 20.5. The molecule has 0 fully saturated rings. The smallest absolute Gasteiger partial charge is 0.242 e. The number of nitrogens with one attached hydrogen (secondary N) is 1. The second-order valence-corrected chi connectivity index (χ2v) is 7.11. The molecule has 3 N–H and O–H groups in total. The minimum Gasteiger partial charge on any atom is -0.346 e. The molecule has 0 saturated heterocycles. The van der Waals surface area contributed by atoms with Gasteiger partial charge in [0.1, 0.15) is 0 Å². The van der Waals surface area contributed by atoms with E-state index in [0.29, 0.717) is 5.02 Å². The topological polar surface area (TPSA) is 75.4 Å². The van der Waals surface area contributed by atoms with Crippen LogP contribution in [-0.4, -0.2) is 36.3 Å². The molecule has 0 saturated carbocycles. The number of halogens is 1. The number of rotatable bonds is 7. The van der Waals surface area contributed by atoms with Gasteiger partial charge in [-0.1, -0.05) is 57.5 Å². The van der Waals surface area contributed by atoms with E-state index in [2.05, 4.69) is 5.32 Å². The number of hydrogen-bond donors (Lipinski definition) is 2. The molecule has 1 aromatic carbocycles. The van der Waals surface area contributed by atoms with Crippen LogP contribution in [-0.2, 0) is 9.59 Å². The zero-order valence-electron chi connectivity index (χ0n) is 15.0. The van der Waals surface area contributed by atoms with Gasteiger partial charge in [-0.2, -0.15) is 0 Å². The number of nitrogens with zero attached hydrogens (tertiary/aromatic N) is 1. The lowest BCUT2D eigenvalue weighted by molar-refractivity contribution is -0.134. The fraction of sp³-hybridized carbons (Fsp3) is 0.556. The Labute approximate surface area is 149 Å². The van der Waals surface area contributed by atoms with E-state index < -0.39 is 6.04 Å². The maximum atomic E-state index is 12.5. The van der Waals surface area contributed by atoms with Gasteiger partial charge in [-0.3, -0.25) is 9.59 Å². The summed E-state index contributed by atoms with van der Waals surface area (Å²) in [6.07, 6.45) is 0. The van der Waals surface area contributed by atoms with Crippen molar-refractivity contribution < 1.29 is 9.59 Å². The highest BCUT2D eigenvalue weighted by Crippen LogP contribution is 2.32. The van der Waals surface area contributed by atoms with E-state index in [0.717, 1.165) is 5.56 Å². The standard InChI is InChI=1S/C18H28ClN3O2/c1-11(2)16(20)18(24)21-10-15(23)22(5)17(12(3)4)13-8-6-7-9-14(13)19/h6-9,11-12,16-17H,10,20H2,1-5H3,(H,21,24)/t16-,17?/m0/s1. The van der Waals surface area contributed by atoms with E-state index in [1.54, 1.807) is 11.9 Å². The van der Waals surface area contributed by atoms with Crippen molar-refractivity contribution in [1.29, 1.82) is 0 Å². The Balaban J connectivity index is 2.81. The van der Waals surface area contributed by atoms with Crippen molar-refractivity contribution in [2.24, 2.45) is 17.6 Å². The highest BCUT2D eigenvalue weighted by atomic mass is 35.5. The van der Waals surface area contributed by atoms with Crippen molar-refractivity contribution in [3.63, 3.8) is 0 Å². The maximum absolute atomic E-state index is 12.5. The van der Waals surface area contributed by atoms with Crippen molar-refractivity contribution in [2.45, 2.75) is 39.8 Å². The number of carbonyl (C=O) groups is 2. The van der Waals surface area contributed by atoms with Gasteiger partial charge in [0, 0.05) is 12.1 Å². The van der Waals surface area contributed by atoms with E-state index in [-0.39, 0.29) is 36.2 Å². The first-order valence-electron chi connectivity index (χ1n) is 8.20. The van der Waals surface area contributed by atoms with E-state index in [9.17, 15) is 9.59 Å². The molecule has 1 unspecified atom stereocenters. The third-order valence-corrected chi connectivity index (χ3v) is 4.45. The first-order chi connectivity index (χ1) is 11.2. The summed E-state index contributed by atoms with van der Waals surface area (Å²) in [7, 11) is 1.73. The quantitative estimate of drug-likeness (QED) is 0.791. The van der Waals surface area contributed by atoms with Crippen LogP contribution in [0.4, 0.5) is 0 Å². The second kappa shape index (κ2) is 9.04. The number of amides is 2. The Morgan fingerprint density at radius 1 is 1.17 bits per heavy atom. The average Bonchev–Trinajstić information content (AvgIpc) is 2.52. The van der Waals surface area contributed by atoms with Gasteiger partial charge in [0.2, 0.25) is 11.8 Å². The van der Waals surface area contributed by atoms with Crippen LogP contribution in [0.25, 0.3) is 0 Å². The van der Waals surface area contributed by atoms with Gasteiger partial charge >= 0.3 is 0 Å². The van der Waals surface area contributed by atoms with E-state index in [1.807, 2.05) is 52.0 Å². The fourth-order valence-electron chi connectivity index (χ4n) is 2.59. The molecule has 1 aromatic rings. The Morgan fingerprint density at radius 3 is 2.25 bits per heavy atom. The van der Waals surface area contributed by atoms with Gasteiger partial charge in [-0.05, 0) is 23.5 Å². The molecule has 0 aliphatic heterocycles. The van der Waals surface area contributed by atoms with Gasteiger partial charge in [0.15, 0.2) is 0 Å². The Bertz CT molecular complexity index is 575. The predicted octanol–water partition coefficient (Wildman–Crippen LogP) is 2.60. The van der Waals surface area contributed by atoms with E-state index in [1.165, 1.54) is 0 Å². The molecule has 0 radical (unpaired) electrons. The highest BCUT2D eigenvalue weighted by molar-refractivity contribution is 6.31. The summed E-state index contributed by atoms with van der Waals surface area (Å²) in [6.45, 7) is 7.72. The monoisotopic (exact) mass is 353 g/mol. The van der Waals surface area contributed by atoms with Crippen LogP contribution in [0.3, 0.4) is 0 Å². The molecular formula is C18H28ClN3O2. The van der Waals surface area contributed by atoms with Gasteiger partial charge in [0.05, 0.1) is 18.6 Å². The normalized spacial score (nSPS) is 13.7. The van der Waals surface area contributed by atoms with Crippen LogP contribution in [0.15, 0.2) is 24.3 Å². The van der Waals surface area contributed by atoms with Crippen LogP contribution >= 0.6 is 11.6 Å². The van der Waals surface area contributed by atoms with Gasteiger partial charge in [-0.15, -0.1) is 0 Å². The number of benzene rings is 1. The van der Waals surface area contributed by atoms with Crippen LogP contribution in [0.5, 0.6) is 0 Å². The molecule has 2 amide bonds. The lowest BCUT2D eigenvalue weighted by Crippen LogP contribution is -2.48. The summed E-state index contributed by atoms with van der Waals surface area (Å²) < 4.78 is 0. The summed E-state index contributed by atoms with van der Waals surface area (Å²) >= 11 is 6.29. The SMILES string of the molecule is CC(C)C(c1ccccc1Cl)N(C)C(=O)CNC(=O)[C@@H](N)C(C)C. The molecule has 0 aliphatic carbocycles. The van der Waals surface area contributed by atoms with Crippen molar-refractivity contribution in [1.82, 2.24) is 10.2 Å². The summed E-state index contributed by atoms with van der Waals surface area (Å²) in [5.74, 6) is -0.305. The molecule has 24 heavy (non-hydrogen) atoms. The fourth-order valence-corrected chi connectivity index (χ4v) is 2.84. The highest BCUT2D eigenvalue weighted by Gasteiger charge is 2.27. The third kappa shape index (κ3) is 5.21. The molecule has 5 nitrogen and oxygen atoms in total. The summed E-state index contributed by atoms with van der Waals surface area (Å²) in [4.78, 5) is 26.0. The Morgan fingerprint density at radius 2 is 1.75 bits per heavy atom. The number of hydrogen-bond acceptors (Lipinski definition) is 3. The number of likely N-dealkylation sites (N-methyl/N-ethyl adjacent to an activating group) is 1. The van der Waals surface area contributed by atoms with Crippen molar-refractivity contribution in [3.8, 4) is 0 Å². The Kier molecular flexibility index (Phi) is 7.70. The predicted molar refractivity (Wildman–Crippen MR) is 97.6 cm³/mol. The zero-order valence-corrected chi connectivity index (χ0v) is 15.8. The summed E-state index contributed by atoms with van der Waals surface area (Å²) in [5, 5.41) is 3.24. The van der Waals surface area contributed by atoms with Crippen LogP contribution in [0, 0.1) is 11.8 Å². The third-order valence-electron chi connectivity index (χ3n) is 4.10. The van der Waals surface area contributed by atoms with Crippen molar-refractivity contribution in [3.05, 3.63) is 34.9 Å². The Hall–Kier alpha value is -1.59. The average molecular weight is 354 g/mol. The molecule has 6 heteroatoms. The lowest BCUT2D eigenvalue weighted by Gasteiger charge is -2.32. The van der Waals surface area contributed by atoms with Gasteiger partial charge in [0.25, 0.3) is 0 Å². The van der Waals surface area contributed by atoms with Crippen LogP contribution < -0.4 is 11.1 Å². The molecular weight excluding hydrogens is 326 g/mol. The summed E-state index contributed by atoms with van der Waals surface area (Å²) in [6, 6.07) is 6.71. The van der Waals surface area contributed by atoms with E-state index in [4.69, 9.17) is 17.3 Å². The summed E-state index contributed by atoms with van der Waals surface area (Å²) in [5.41, 5.74) is 6.69.